The lowest BCUT2D eigenvalue weighted by Crippen LogP contribution is -2.10. The molecule has 18 heavy (non-hydrogen) atoms. The normalized spacial score (nSPS) is 10.1. The average molecular weight is 240 g/mol. The molecule has 0 spiro atoms. The van der Waals surface area contributed by atoms with E-state index in [0.29, 0.717) is 0 Å². The van der Waals surface area contributed by atoms with Crippen molar-refractivity contribution < 1.29 is 4.74 Å². The number of rotatable bonds is 4. The maximum absolute atomic E-state index is 7.34. The SMILES string of the molecule is COc1cccc(Cc2ccc(C(=N)N)cc2)c1. The summed E-state index contributed by atoms with van der Waals surface area (Å²) in [5.41, 5.74) is 8.56. The molecule has 0 saturated carbocycles. The van der Waals surface area contributed by atoms with Gasteiger partial charge in [-0.3, -0.25) is 5.41 Å². The number of nitrogens with one attached hydrogen (secondary N) is 1. The minimum Gasteiger partial charge on any atom is -0.497 e. The summed E-state index contributed by atoms with van der Waals surface area (Å²) in [5.74, 6) is 0.968. The quantitative estimate of drug-likeness (QED) is 0.637. The topological polar surface area (TPSA) is 59.1 Å². The number of nitrogens with two attached hydrogens (primary N) is 1. The maximum Gasteiger partial charge on any atom is 0.122 e. The molecule has 0 unspecified atom stereocenters. The smallest absolute Gasteiger partial charge is 0.122 e. The van der Waals surface area contributed by atoms with Crippen LogP contribution < -0.4 is 10.5 Å². The molecule has 3 nitrogen and oxygen atoms in total. The molecule has 0 fully saturated rings. The van der Waals surface area contributed by atoms with Crippen molar-refractivity contribution in [3.8, 4) is 5.75 Å². The Bertz CT molecular complexity index is 547. The minimum absolute atomic E-state index is 0.0999. The monoisotopic (exact) mass is 240 g/mol. The first-order valence-electron chi connectivity index (χ1n) is 5.75. The number of ether oxygens (including phenoxy) is 1. The lowest BCUT2D eigenvalue weighted by Gasteiger charge is -2.05. The van der Waals surface area contributed by atoms with Crippen molar-refractivity contribution in [3.63, 3.8) is 0 Å². The van der Waals surface area contributed by atoms with Gasteiger partial charge in [-0.25, -0.2) is 0 Å². The van der Waals surface area contributed by atoms with Crippen molar-refractivity contribution in [2.45, 2.75) is 6.42 Å². The second-order valence-corrected chi connectivity index (χ2v) is 4.14. The number of nitrogen functional groups attached to an aromatic ring is 1. The van der Waals surface area contributed by atoms with Gasteiger partial charge in [-0.15, -0.1) is 0 Å². The molecule has 0 bridgehead atoms. The Morgan fingerprint density at radius 1 is 1.11 bits per heavy atom. The van der Waals surface area contributed by atoms with E-state index >= 15 is 0 Å². The molecule has 0 aliphatic rings. The second kappa shape index (κ2) is 5.36. The molecule has 0 atom stereocenters. The summed E-state index contributed by atoms with van der Waals surface area (Å²) in [5, 5.41) is 7.34. The van der Waals surface area contributed by atoms with Crippen LogP contribution in [-0.4, -0.2) is 12.9 Å². The van der Waals surface area contributed by atoms with E-state index in [9.17, 15) is 0 Å². The first-order valence-corrected chi connectivity index (χ1v) is 5.75. The maximum atomic E-state index is 7.34. The Hall–Kier alpha value is -2.29. The molecule has 2 aromatic rings. The van der Waals surface area contributed by atoms with Crippen LogP contribution in [0.5, 0.6) is 5.75 Å². The fraction of sp³-hybridized carbons (Fsp3) is 0.133. The zero-order valence-corrected chi connectivity index (χ0v) is 10.3. The van der Waals surface area contributed by atoms with E-state index in [2.05, 4.69) is 6.07 Å². The summed E-state index contributed by atoms with van der Waals surface area (Å²) in [6.45, 7) is 0. The molecule has 0 aliphatic carbocycles. The lowest BCUT2D eigenvalue weighted by molar-refractivity contribution is 0.414. The van der Waals surface area contributed by atoms with Crippen LogP contribution in [0.2, 0.25) is 0 Å². The van der Waals surface area contributed by atoms with Crippen LogP contribution in [0.4, 0.5) is 0 Å². The predicted molar refractivity (Wildman–Crippen MR) is 73.3 cm³/mol. The van der Waals surface area contributed by atoms with Crippen LogP contribution >= 0.6 is 0 Å². The van der Waals surface area contributed by atoms with Gasteiger partial charge < -0.3 is 10.5 Å². The van der Waals surface area contributed by atoms with Gasteiger partial charge in [0.15, 0.2) is 0 Å². The molecular weight excluding hydrogens is 224 g/mol. The number of hydrogen-bond acceptors (Lipinski definition) is 2. The Morgan fingerprint density at radius 2 is 1.83 bits per heavy atom. The summed E-state index contributed by atoms with van der Waals surface area (Å²) in [6, 6.07) is 15.8. The highest BCUT2D eigenvalue weighted by Gasteiger charge is 2.00. The fourth-order valence-electron chi connectivity index (χ4n) is 1.82. The first kappa shape index (κ1) is 12.2. The van der Waals surface area contributed by atoms with Gasteiger partial charge in [0.25, 0.3) is 0 Å². The lowest BCUT2D eigenvalue weighted by atomic mass is 10.0. The third-order valence-electron chi connectivity index (χ3n) is 2.81. The Labute approximate surface area is 107 Å². The van der Waals surface area contributed by atoms with Crippen LogP contribution in [0.25, 0.3) is 0 Å². The van der Waals surface area contributed by atoms with Crippen LogP contribution in [0.3, 0.4) is 0 Å². The summed E-state index contributed by atoms with van der Waals surface area (Å²) >= 11 is 0. The third-order valence-corrected chi connectivity index (χ3v) is 2.81. The Balaban J connectivity index is 2.15. The molecule has 3 heteroatoms. The van der Waals surface area contributed by atoms with Crippen molar-refractivity contribution in [2.75, 3.05) is 7.11 Å². The van der Waals surface area contributed by atoms with Gasteiger partial charge >= 0.3 is 0 Å². The molecule has 0 saturated heterocycles. The summed E-state index contributed by atoms with van der Waals surface area (Å²) < 4.78 is 5.20. The molecule has 92 valence electrons. The van der Waals surface area contributed by atoms with E-state index in [0.717, 1.165) is 17.7 Å². The highest BCUT2D eigenvalue weighted by Crippen LogP contribution is 2.16. The van der Waals surface area contributed by atoms with Crippen LogP contribution in [0.1, 0.15) is 16.7 Å². The van der Waals surface area contributed by atoms with Crippen molar-refractivity contribution in [1.29, 1.82) is 5.41 Å². The van der Waals surface area contributed by atoms with Gasteiger partial charge in [-0.1, -0.05) is 36.4 Å². The number of methoxy groups -OCH3 is 1. The highest BCUT2D eigenvalue weighted by molar-refractivity contribution is 5.94. The third kappa shape index (κ3) is 2.88. The Morgan fingerprint density at radius 3 is 2.44 bits per heavy atom. The summed E-state index contributed by atoms with van der Waals surface area (Å²) in [4.78, 5) is 0. The highest BCUT2D eigenvalue weighted by atomic mass is 16.5. The van der Waals surface area contributed by atoms with Crippen molar-refractivity contribution in [1.82, 2.24) is 0 Å². The predicted octanol–water partition coefficient (Wildman–Crippen LogP) is 2.57. The van der Waals surface area contributed by atoms with Gasteiger partial charge in [-0.2, -0.15) is 0 Å². The van der Waals surface area contributed by atoms with Crippen molar-refractivity contribution in [3.05, 3.63) is 65.2 Å². The van der Waals surface area contributed by atoms with Crippen LogP contribution in [0, 0.1) is 5.41 Å². The van der Waals surface area contributed by atoms with Crippen LogP contribution in [0.15, 0.2) is 48.5 Å². The molecule has 3 N–H and O–H groups in total. The first-order chi connectivity index (χ1) is 8.69. The Kier molecular flexibility index (Phi) is 3.63. The minimum atomic E-state index is 0.0999. The van der Waals surface area contributed by atoms with E-state index in [4.69, 9.17) is 15.9 Å². The van der Waals surface area contributed by atoms with Gasteiger partial charge in [-0.05, 0) is 29.7 Å². The molecule has 0 radical (unpaired) electrons. The standard InChI is InChI=1S/C15H16N2O/c1-18-14-4-2-3-12(10-14)9-11-5-7-13(8-6-11)15(16)17/h2-8,10H,9H2,1H3,(H3,16,17). The number of amidine groups is 1. The molecule has 0 heterocycles. The van der Waals surface area contributed by atoms with Gasteiger partial charge in [0.1, 0.15) is 11.6 Å². The van der Waals surface area contributed by atoms with E-state index in [1.807, 2.05) is 42.5 Å². The van der Waals surface area contributed by atoms with Gasteiger partial charge in [0, 0.05) is 5.56 Å². The van der Waals surface area contributed by atoms with Gasteiger partial charge in [0.05, 0.1) is 7.11 Å². The molecule has 0 aliphatic heterocycles. The molecule has 0 amide bonds. The van der Waals surface area contributed by atoms with E-state index < -0.39 is 0 Å². The molecule has 2 aromatic carbocycles. The molecule has 0 aromatic heterocycles. The van der Waals surface area contributed by atoms with Crippen molar-refractivity contribution in [2.24, 2.45) is 5.73 Å². The fourth-order valence-corrected chi connectivity index (χ4v) is 1.82. The largest absolute Gasteiger partial charge is 0.497 e. The zero-order valence-electron chi connectivity index (χ0n) is 10.3. The van der Waals surface area contributed by atoms with E-state index in [1.165, 1.54) is 11.1 Å². The number of hydrogen-bond donors (Lipinski definition) is 2. The summed E-state index contributed by atoms with van der Waals surface area (Å²) in [6.07, 6.45) is 0.843. The molecule has 2 rings (SSSR count). The van der Waals surface area contributed by atoms with Crippen molar-refractivity contribution >= 4 is 5.84 Å². The second-order valence-electron chi connectivity index (χ2n) is 4.14. The van der Waals surface area contributed by atoms with Gasteiger partial charge in [0.2, 0.25) is 0 Å². The van der Waals surface area contributed by atoms with E-state index in [1.54, 1.807) is 7.11 Å². The van der Waals surface area contributed by atoms with E-state index in [-0.39, 0.29) is 5.84 Å². The summed E-state index contributed by atoms with van der Waals surface area (Å²) in [7, 11) is 1.67. The number of benzene rings is 2. The molecular formula is C15H16N2O. The average Bonchev–Trinajstić information content (AvgIpc) is 2.39. The van der Waals surface area contributed by atoms with Crippen LogP contribution in [-0.2, 0) is 6.42 Å². The zero-order chi connectivity index (χ0) is 13.0.